The van der Waals surface area contributed by atoms with Gasteiger partial charge in [0, 0.05) is 30.7 Å². The average Bonchev–Trinajstić information content (AvgIpc) is 2.87. The average molecular weight is 279 g/mol. The standard InChI is InChI=1S/C16H22FNO2/c1-15(18,13-4-2-3-5-14(13)17)12-6-8-20-16(10-12)7-9-19-11-16/h2-5,12H,6-11,18H2,1H3. The third-order valence-corrected chi connectivity index (χ3v) is 4.86. The van der Waals surface area contributed by atoms with Crippen LogP contribution in [0.5, 0.6) is 0 Å². The first-order valence-electron chi connectivity index (χ1n) is 7.29. The molecule has 0 aromatic heterocycles. The molecule has 3 nitrogen and oxygen atoms in total. The SMILES string of the molecule is CC(N)(c1ccccc1F)C1CCOC2(CCOC2)C1. The van der Waals surface area contributed by atoms with Crippen molar-refractivity contribution in [3.8, 4) is 0 Å². The van der Waals surface area contributed by atoms with Gasteiger partial charge in [-0.25, -0.2) is 4.39 Å². The third kappa shape index (κ3) is 2.36. The van der Waals surface area contributed by atoms with Crippen LogP contribution >= 0.6 is 0 Å². The van der Waals surface area contributed by atoms with Gasteiger partial charge in [0.1, 0.15) is 5.82 Å². The lowest BCUT2D eigenvalue weighted by Crippen LogP contribution is -2.50. The maximum atomic E-state index is 14.1. The topological polar surface area (TPSA) is 44.5 Å². The van der Waals surface area contributed by atoms with E-state index in [1.165, 1.54) is 6.07 Å². The Morgan fingerprint density at radius 2 is 2.15 bits per heavy atom. The quantitative estimate of drug-likeness (QED) is 0.905. The van der Waals surface area contributed by atoms with Crippen LogP contribution in [0.15, 0.2) is 24.3 Å². The van der Waals surface area contributed by atoms with Gasteiger partial charge in [0.05, 0.1) is 12.2 Å². The van der Waals surface area contributed by atoms with E-state index in [0.29, 0.717) is 18.8 Å². The molecule has 3 rings (SSSR count). The number of hydrogen-bond acceptors (Lipinski definition) is 3. The minimum atomic E-state index is -0.676. The van der Waals surface area contributed by atoms with E-state index in [9.17, 15) is 4.39 Å². The van der Waals surface area contributed by atoms with E-state index >= 15 is 0 Å². The Morgan fingerprint density at radius 1 is 1.35 bits per heavy atom. The molecule has 2 N–H and O–H groups in total. The van der Waals surface area contributed by atoms with Crippen LogP contribution in [0.25, 0.3) is 0 Å². The zero-order valence-electron chi connectivity index (χ0n) is 11.9. The van der Waals surface area contributed by atoms with Crippen molar-refractivity contribution in [1.29, 1.82) is 0 Å². The highest BCUT2D eigenvalue weighted by Gasteiger charge is 2.46. The van der Waals surface area contributed by atoms with Gasteiger partial charge < -0.3 is 15.2 Å². The Kier molecular flexibility index (Phi) is 3.56. The summed E-state index contributed by atoms with van der Waals surface area (Å²) in [4.78, 5) is 0. The first kappa shape index (κ1) is 14.0. The van der Waals surface area contributed by atoms with Crippen LogP contribution in [0, 0.1) is 11.7 Å². The number of benzene rings is 1. The fourth-order valence-electron chi connectivity index (χ4n) is 3.52. The van der Waals surface area contributed by atoms with Gasteiger partial charge in [-0.1, -0.05) is 18.2 Å². The zero-order valence-corrected chi connectivity index (χ0v) is 11.9. The summed E-state index contributed by atoms with van der Waals surface area (Å²) in [6.45, 7) is 3.99. The number of rotatable bonds is 2. The number of halogens is 1. The first-order valence-corrected chi connectivity index (χ1v) is 7.29. The van der Waals surface area contributed by atoms with Crippen LogP contribution in [0.2, 0.25) is 0 Å². The summed E-state index contributed by atoms with van der Waals surface area (Å²) in [6, 6.07) is 6.82. The van der Waals surface area contributed by atoms with Crippen molar-refractivity contribution >= 4 is 0 Å². The Bertz CT molecular complexity index is 483. The summed E-state index contributed by atoms with van der Waals surface area (Å²) in [5.41, 5.74) is 6.25. The fourth-order valence-corrected chi connectivity index (χ4v) is 3.52. The first-order chi connectivity index (χ1) is 9.54. The highest BCUT2D eigenvalue weighted by molar-refractivity contribution is 5.26. The monoisotopic (exact) mass is 279 g/mol. The second kappa shape index (κ2) is 5.10. The van der Waals surface area contributed by atoms with E-state index in [1.54, 1.807) is 12.1 Å². The number of ether oxygens (including phenoxy) is 2. The molecule has 3 unspecified atom stereocenters. The van der Waals surface area contributed by atoms with Crippen molar-refractivity contribution in [3.63, 3.8) is 0 Å². The summed E-state index contributed by atoms with van der Waals surface area (Å²) in [5, 5.41) is 0. The van der Waals surface area contributed by atoms with E-state index in [0.717, 1.165) is 25.9 Å². The van der Waals surface area contributed by atoms with Crippen LogP contribution in [0.4, 0.5) is 4.39 Å². The molecule has 2 heterocycles. The lowest BCUT2D eigenvalue weighted by atomic mass is 9.71. The summed E-state index contributed by atoms with van der Waals surface area (Å²) >= 11 is 0. The minimum absolute atomic E-state index is 0.200. The van der Waals surface area contributed by atoms with Crippen molar-refractivity contribution < 1.29 is 13.9 Å². The Morgan fingerprint density at radius 3 is 2.85 bits per heavy atom. The number of hydrogen-bond donors (Lipinski definition) is 1. The van der Waals surface area contributed by atoms with Crippen molar-refractivity contribution in [2.45, 2.75) is 37.3 Å². The Labute approximate surface area is 119 Å². The molecule has 0 amide bonds. The summed E-state index contributed by atoms with van der Waals surface area (Å²) in [7, 11) is 0. The lowest BCUT2D eigenvalue weighted by Gasteiger charge is -2.44. The van der Waals surface area contributed by atoms with Gasteiger partial charge in [0.2, 0.25) is 0 Å². The van der Waals surface area contributed by atoms with Crippen molar-refractivity contribution in [1.82, 2.24) is 0 Å². The van der Waals surface area contributed by atoms with E-state index < -0.39 is 5.54 Å². The largest absolute Gasteiger partial charge is 0.378 e. The lowest BCUT2D eigenvalue weighted by molar-refractivity contribution is -0.109. The second-order valence-electron chi connectivity index (χ2n) is 6.29. The maximum absolute atomic E-state index is 14.1. The Hall–Kier alpha value is -0.970. The Balaban J connectivity index is 1.85. The van der Waals surface area contributed by atoms with Crippen LogP contribution in [-0.2, 0) is 15.0 Å². The normalized spacial score (nSPS) is 33.2. The van der Waals surface area contributed by atoms with Crippen LogP contribution in [-0.4, -0.2) is 25.4 Å². The predicted octanol–water partition coefficient (Wildman–Crippen LogP) is 2.59. The van der Waals surface area contributed by atoms with Gasteiger partial charge in [0.25, 0.3) is 0 Å². The highest BCUT2D eigenvalue weighted by Crippen LogP contribution is 2.43. The molecular formula is C16H22FNO2. The highest BCUT2D eigenvalue weighted by atomic mass is 19.1. The second-order valence-corrected chi connectivity index (χ2v) is 6.29. The van der Waals surface area contributed by atoms with Crippen molar-refractivity contribution in [2.75, 3.05) is 19.8 Å². The van der Waals surface area contributed by atoms with Gasteiger partial charge in [-0.15, -0.1) is 0 Å². The fraction of sp³-hybridized carbons (Fsp3) is 0.625. The molecule has 2 aliphatic heterocycles. The smallest absolute Gasteiger partial charge is 0.128 e. The van der Waals surface area contributed by atoms with Crippen LogP contribution in [0.1, 0.15) is 31.7 Å². The van der Waals surface area contributed by atoms with Gasteiger partial charge in [-0.05, 0) is 31.7 Å². The molecule has 2 saturated heterocycles. The molecule has 3 atom stereocenters. The van der Waals surface area contributed by atoms with E-state index in [-0.39, 0.29) is 17.3 Å². The molecule has 2 fully saturated rings. The van der Waals surface area contributed by atoms with E-state index in [4.69, 9.17) is 15.2 Å². The summed E-state index contributed by atoms with van der Waals surface area (Å²) in [5.74, 6) is -0.0180. The molecule has 0 radical (unpaired) electrons. The molecular weight excluding hydrogens is 257 g/mol. The minimum Gasteiger partial charge on any atom is -0.378 e. The predicted molar refractivity (Wildman–Crippen MR) is 74.8 cm³/mol. The molecule has 4 heteroatoms. The van der Waals surface area contributed by atoms with Gasteiger partial charge in [-0.3, -0.25) is 0 Å². The van der Waals surface area contributed by atoms with Gasteiger partial charge in [0.15, 0.2) is 0 Å². The molecule has 1 aromatic rings. The molecule has 20 heavy (non-hydrogen) atoms. The maximum Gasteiger partial charge on any atom is 0.128 e. The molecule has 0 bridgehead atoms. The van der Waals surface area contributed by atoms with Gasteiger partial charge in [-0.2, -0.15) is 0 Å². The zero-order chi connectivity index (χ0) is 14.2. The molecule has 1 aromatic carbocycles. The van der Waals surface area contributed by atoms with Crippen molar-refractivity contribution in [2.24, 2.45) is 11.7 Å². The summed E-state index contributed by atoms with van der Waals surface area (Å²) in [6.07, 6.45) is 2.62. The molecule has 0 saturated carbocycles. The molecule has 2 aliphatic rings. The third-order valence-electron chi connectivity index (χ3n) is 4.86. The van der Waals surface area contributed by atoms with Gasteiger partial charge >= 0.3 is 0 Å². The van der Waals surface area contributed by atoms with E-state index in [1.807, 2.05) is 13.0 Å². The van der Waals surface area contributed by atoms with Crippen molar-refractivity contribution in [3.05, 3.63) is 35.6 Å². The van der Waals surface area contributed by atoms with E-state index in [2.05, 4.69) is 0 Å². The molecule has 110 valence electrons. The van der Waals surface area contributed by atoms with Crippen LogP contribution < -0.4 is 5.73 Å². The molecule has 1 spiro atoms. The number of nitrogens with two attached hydrogens (primary N) is 1. The molecule has 0 aliphatic carbocycles. The van der Waals surface area contributed by atoms with Crippen LogP contribution in [0.3, 0.4) is 0 Å². The summed E-state index contributed by atoms with van der Waals surface area (Å²) < 4.78 is 25.5.